The van der Waals surface area contributed by atoms with Gasteiger partial charge in [-0.15, -0.1) is 5.10 Å². The first-order valence-electron chi connectivity index (χ1n) is 11.0. The van der Waals surface area contributed by atoms with Crippen LogP contribution in [0.15, 0.2) is 58.3 Å². The van der Waals surface area contributed by atoms with Crippen LogP contribution in [0, 0.1) is 16.0 Å². The molecule has 0 saturated heterocycles. The van der Waals surface area contributed by atoms with Crippen molar-refractivity contribution in [1.82, 2.24) is 30.7 Å². The maximum atomic E-state index is 13.1. The molecular formula is C23H23N9O4. The third kappa shape index (κ3) is 5.09. The number of nitrogens with one attached hydrogen (secondary N) is 1. The Morgan fingerprint density at radius 2 is 1.97 bits per heavy atom. The number of carbonyl (C=O) groups excluding carboxylic acids is 1. The highest BCUT2D eigenvalue weighted by molar-refractivity contribution is 6.02. The number of hydrogen-bond donors (Lipinski definition) is 2. The van der Waals surface area contributed by atoms with E-state index in [0.717, 1.165) is 16.7 Å². The summed E-state index contributed by atoms with van der Waals surface area (Å²) in [6.45, 7) is 6.07. The third-order valence-corrected chi connectivity index (χ3v) is 5.25. The van der Waals surface area contributed by atoms with Gasteiger partial charge in [0.2, 0.25) is 11.6 Å². The molecule has 36 heavy (non-hydrogen) atoms. The normalized spacial score (nSPS) is 11.6. The van der Waals surface area contributed by atoms with Gasteiger partial charge < -0.3 is 5.73 Å². The molecule has 0 aliphatic heterocycles. The summed E-state index contributed by atoms with van der Waals surface area (Å²) in [5.74, 6) is -0.270. The van der Waals surface area contributed by atoms with Crippen LogP contribution < -0.4 is 11.2 Å². The highest BCUT2D eigenvalue weighted by Gasteiger charge is 2.26. The maximum absolute atomic E-state index is 13.1. The van der Waals surface area contributed by atoms with E-state index in [1.165, 1.54) is 23.8 Å². The lowest BCUT2D eigenvalue weighted by Gasteiger charge is -2.07. The molecule has 0 atom stereocenters. The first kappa shape index (κ1) is 24.2. The van der Waals surface area contributed by atoms with Gasteiger partial charge >= 0.3 is 0 Å². The second-order valence-corrected chi connectivity index (χ2v) is 8.41. The van der Waals surface area contributed by atoms with Gasteiger partial charge in [0.1, 0.15) is 5.69 Å². The minimum absolute atomic E-state index is 0.0239. The third-order valence-electron chi connectivity index (χ3n) is 5.25. The summed E-state index contributed by atoms with van der Waals surface area (Å²) in [5.41, 5.74) is 10.9. The molecule has 2 aromatic heterocycles. The lowest BCUT2D eigenvalue weighted by atomic mass is 10.0. The number of nitro groups is 1. The summed E-state index contributed by atoms with van der Waals surface area (Å²) >= 11 is 0. The van der Waals surface area contributed by atoms with Crippen LogP contribution in [0.5, 0.6) is 0 Å². The highest BCUT2D eigenvalue weighted by Crippen LogP contribution is 2.29. The smallest absolute Gasteiger partial charge is 0.294 e. The minimum Gasteiger partial charge on any atom is -0.378 e. The molecule has 0 spiro atoms. The van der Waals surface area contributed by atoms with Crippen LogP contribution in [-0.4, -0.2) is 41.8 Å². The van der Waals surface area contributed by atoms with Crippen molar-refractivity contribution in [2.24, 2.45) is 11.0 Å². The zero-order chi connectivity index (χ0) is 25.8. The molecule has 4 aromatic rings. The Bertz CT molecular complexity index is 1440. The van der Waals surface area contributed by atoms with Crippen molar-refractivity contribution in [1.29, 1.82) is 0 Å². The van der Waals surface area contributed by atoms with Crippen molar-refractivity contribution in [3.05, 3.63) is 75.5 Å². The summed E-state index contributed by atoms with van der Waals surface area (Å²) in [7, 11) is 0. The lowest BCUT2D eigenvalue weighted by Crippen LogP contribution is -2.21. The molecule has 1 amide bonds. The van der Waals surface area contributed by atoms with Crippen LogP contribution in [-0.2, 0) is 6.42 Å². The van der Waals surface area contributed by atoms with Crippen LogP contribution in [0.25, 0.3) is 17.1 Å². The average molecular weight is 489 g/mol. The molecule has 0 aliphatic carbocycles. The number of aromatic nitrogens is 5. The van der Waals surface area contributed by atoms with Crippen LogP contribution in [0.3, 0.4) is 0 Å². The van der Waals surface area contributed by atoms with Crippen molar-refractivity contribution < 1.29 is 14.3 Å². The van der Waals surface area contributed by atoms with E-state index in [0.29, 0.717) is 11.6 Å². The number of nitrogen functional groups attached to an aromatic ring is 1. The van der Waals surface area contributed by atoms with Gasteiger partial charge in [0.25, 0.3) is 11.6 Å². The molecular weight excluding hydrogens is 466 g/mol. The Labute approximate surface area is 205 Å². The van der Waals surface area contributed by atoms with E-state index in [9.17, 15) is 14.9 Å². The number of benzene rings is 2. The number of rotatable bonds is 8. The molecule has 4 rings (SSSR count). The quantitative estimate of drug-likeness (QED) is 0.213. The molecule has 0 aliphatic rings. The number of nitro benzene ring substituents is 1. The number of non-ortho nitro benzene ring substituents is 1. The zero-order valence-electron chi connectivity index (χ0n) is 19.7. The Kier molecular flexibility index (Phi) is 6.81. The second-order valence-electron chi connectivity index (χ2n) is 8.41. The van der Waals surface area contributed by atoms with E-state index in [1.54, 1.807) is 13.0 Å². The van der Waals surface area contributed by atoms with Gasteiger partial charge in [0.15, 0.2) is 5.69 Å². The largest absolute Gasteiger partial charge is 0.378 e. The predicted octanol–water partition coefficient (Wildman–Crippen LogP) is 3.16. The Morgan fingerprint density at radius 3 is 2.61 bits per heavy atom. The average Bonchev–Trinajstić information content (AvgIpc) is 3.48. The molecule has 0 fully saturated rings. The van der Waals surface area contributed by atoms with Gasteiger partial charge in [0.05, 0.1) is 10.6 Å². The standard InChI is InChI=1S/C23H23N9O4/c1-13(2)11-15-7-9-16(10-8-15)14(3)25-27-23(33)19-20(17-5-4-6-18(12-17)32(34)35)31(30-26-19)22-21(24)28-36-29-22/h4-10,12-13H,11H2,1-3H3,(H2,24,28)(H,27,33). The van der Waals surface area contributed by atoms with Crippen LogP contribution in [0.2, 0.25) is 0 Å². The lowest BCUT2D eigenvalue weighted by molar-refractivity contribution is -0.384. The number of amides is 1. The van der Waals surface area contributed by atoms with Gasteiger partial charge in [-0.25, -0.2) is 10.1 Å². The Balaban J connectivity index is 1.66. The number of nitrogens with two attached hydrogens (primary N) is 1. The van der Waals surface area contributed by atoms with E-state index >= 15 is 0 Å². The second kappa shape index (κ2) is 10.1. The minimum atomic E-state index is -0.687. The summed E-state index contributed by atoms with van der Waals surface area (Å²) in [4.78, 5) is 23.8. The van der Waals surface area contributed by atoms with E-state index < -0.39 is 10.8 Å². The summed E-state index contributed by atoms with van der Waals surface area (Å²) in [6.07, 6.45) is 0.967. The SMILES string of the molecule is CC(=NNC(=O)c1nnn(-c2nonc2N)c1-c1cccc([N+](=O)[O-])c1)c1ccc(CC(C)C)cc1. The van der Waals surface area contributed by atoms with E-state index in [1.807, 2.05) is 24.3 Å². The van der Waals surface area contributed by atoms with Crippen molar-refractivity contribution in [2.75, 3.05) is 5.73 Å². The Hall–Kier alpha value is -4.94. The van der Waals surface area contributed by atoms with E-state index in [4.69, 9.17) is 5.73 Å². The fourth-order valence-electron chi connectivity index (χ4n) is 3.55. The van der Waals surface area contributed by atoms with E-state index in [2.05, 4.69) is 49.6 Å². The fourth-order valence-corrected chi connectivity index (χ4v) is 3.55. The Morgan fingerprint density at radius 1 is 1.22 bits per heavy atom. The van der Waals surface area contributed by atoms with Crippen LogP contribution in [0.1, 0.15) is 42.4 Å². The van der Waals surface area contributed by atoms with Crippen LogP contribution >= 0.6 is 0 Å². The summed E-state index contributed by atoms with van der Waals surface area (Å²) in [5, 5.41) is 30.6. The zero-order valence-corrected chi connectivity index (χ0v) is 19.7. The predicted molar refractivity (Wildman–Crippen MR) is 130 cm³/mol. The molecule has 0 unspecified atom stereocenters. The fraction of sp³-hybridized carbons (Fsp3) is 0.217. The number of hydrogen-bond acceptors (Lipinski definition) is 10. The van der Waals surface area contributed by atoms with Crippen molar-refractivity contribution >= 4 is 23.1 Å². The number of anilines is 1. The first-order valence-corrected chi connectivity index (χ1v) is 11.0. The van der Waals surface area contributed by atoms with Gasteiger partial charge in [-0.1, -0.05) is 55.5 Å². The molecule has 0 bridgehead atoms. The molecule has 0 radical (unpaired) electrons. The van der Waals surface area contributed by atoms with Crippen molar-refractivity contribution in [2.45, 2.75) is 27.2 Å². The van der Waals surface area contributed by atoms with Gasteiger partial charge in [-0.2, -0.15) is 9.78 Å². The first-order chi connectivity index (χ1) is 17.2. The van der Waals surface area contributed by atoms with Gasteiger partial charge in [0, 0.05) is 17.7 Å². The van der Waals surface area contributed by atoms with Crippen molar-refractivity contribution in [3.8, 4) is 17.1 Å². The summed E-state index contributed by atoms with van der Waals surface area (Å²) < 4.78 is 5.76. The topological polar surface area (TPSA) is 180 Å². The molecule has 2 heterocycles. The highest BCUT2D eigenvalue weighted by atomic mass is 16.6. The van der Waals surface area contributed by atoms with Crippen molar-refractivity contribution in [3.63, 3.8) is 0 Å². The molecule has 184 valence electrons. The number of nitrogens with zero attached hydrogens (tertiary/aromatic N) is 7. The molecule has 2 aromatic carbocycles. The van der Waals surface area contributed by atoms with Crippen LogP contribution in [0.4, 0.5) is 11.5 Å². The molecule has 13 nitrogen and oxygen atoms in total. The number of hydrazone groups is 1. The number of carbonyl (C=O) groups is 1. The maximum Gasteiger partial charge on any atom is 0.294 e. The monoisotopic (exact) mass is 489 g/mol. The molecule has 13 heteroatoms. The molecule has 0 saturated carbocycles. The summed E-state index contributed by atoms with van der Waals surface area (Å²) in [6, 6.07) is 13.6. The van der Waals surface area contributed by atoms with Gasteiger partial charge in [-0.3, -0.25) is 14.9 Å². The molecule has 3 N–H and O–H groups in total. The van der Waals surface area contributed by atoms with E-state index in [-0.39, 0.29) is 34.3 Å². The van der Waals surface area contributed by atoms with Gasteiger partial charge in [-0.05, 0) is 40.7 Å².